The molecule has 7 atom stereocenters. The Hall–Kier alpha value is -4.57. The first-order valence-electron chi connectivity index (χ1n) is 17.5. The van der Waals surface area contributed by atoms with Gasteiger partial charge >= 0.3 is 5.97 Å². The fraction of sp³-hybridized carbons (Fsp3) is 0.629. The lowest BCUT2D eigenvalue weighted by atomic mass is 10.0. The second kappa shape index (κ2) is 18.6. The Morgan fingerprint density at radius 3 is 1.78 bits per heavy atom. The Bertz CT molecular complexity index is 1420. The van der Waals surface area contributed by atoms with Crippen LogP contribution in [-0.2, 0) is 40.0 Å². The van der Waals surface area contributed by atoms with Gasteiger partial charge in [-0.1, -0.05) is 58.0 Å². The summed E-state index contributed by atoms with van der Waals surface area (Å²) < 4.78 is 0. The fourth-order valence-corrected chi connectivity index (χ4v) is 6.40. The molecular formula is C35H53N7O9. The molecule has 6 amide bonds. The molecule has 0 aliphatic carbocycles. The molecule has 51 heavy (non-hydrogen) atoms. The summed E-state index contributed by atoms with van der Waals surface area (Å²) in [5.41, 5.74) is 7.12. The summed E-state index contributed by atoms with van der Waals surface area (Å²) in [7, 11) is 0. The number of carbonyl (C=O) groups excluding carboxylic acids is 6. The van der Waals surface area contributed by atoms with Crippen molar-refractivity contribution in [3.05, 3.63) is 35.9 Å². The maximum absolute atomic E-state index is 13.6. The number of aliphatic carboxylic acids is 1. The summed E-state index contributed by atoms with van der Waals surface area (Å²) in [4.78, 5) is 93.9. The molecule has 0 bridgehead atoms. The molecule has 0 radical (unpaired) electrons. The van der Waals surface area contributed by atoms with Crippen molar-refractivity contribution in [2.24, 2.45) is 17.6 Å². The van der Waals surface area contributed by atoms with Crippen molar-refractivity contribution >= 4 is 41.4 Å². The molecule has 16 heteroatoms. The Morgan fingerprint density at radius 1 is 0.745 bits per heavy atom. The van der Waals surface area contributed by atoms with Crippen LogP contribution in [0.1, 0.15) is 65.9 Å². The molecule has 0 spiro atoms. The minimum atomic E-state index is -1.48. The van der Waals surface area contributed by atoms with E-state index in [4.69, 9.17) is 5.73 Å². The smallest absolute Gasteiger partial charge is 0.326 e. The van der Waals surface area contributed by atoms with Gasteiger partial charge in [-0.05, 0) is 56.4 Å². The molecule has 8 N–H and O–H groups in total. The van der Waals surface area contributed by atoms with Crippen LogP contribution in [0.5, 0.6) is 0 Å². The van der Waals surface area contributed by atoms with E-state index in [-0.39, 0.29) is 12.5 Å². The summed E-state index contributed by atoms with van der Waals surface area (Å²) in [5, 5.41) is 29.3. The molecule has 2 aliphatic rings. The number of hydrogen-bond acceptors (Lipinski definition) is 9. The van der Waals surface area contributed by atoms with Gasteiger partial charge < -0.3 is 47.0 Å². The van der Waals surface area contributed by atoms with Gasteiger partial charge in [-0.25, -0.2) is 4.79 Å². The molecule has 16 nitrogen and oxygen atoms in total. The highest BCUT2D eigenvalue weighted by Gasteiger charge is 2.41. The molecule has 282 valence electrons. The molecule has 2 fully saturated rings. The topological polar surface area (TPSA) is 241 Å². The highest BCUT2D eigenvalue weighted by atomic mass is 16.4. The van der Waals surface area contributed by atoms with Crippen LogP contribution in [0, 0.1) is 11.8 Å². The first-order chi connectivity index (χ1) is 24.1. The van der Waals surface area contributed by atoms with Gasteiger partial charge in [0.25, 0.3) is 0 Å². The third-order valence-electron chi connectivity index (χ3n) is 9.31. The molecule has 0 saturated carbocycles. The summed E-state index contributed by atoms with van der Waals surface area (Å²) in [6.45, 7) is 7.82. The number of hydrogen-bond donors (Lipinski definition) is 7. The minimum absolute atomic E-state index is 0.241. The lowest BCUT2D eigenvalue weighted by Gasteiger charge is -2.31. The lowest BCUT2D eigenvalue weighted by Crippen LogP contribution is -2.60. The van der Waals surface area contributed by atoms with Crippen molar-refractivity contribution in [3.8, 4) is 0 Å². The van der Waals surface area contributed by atoms with E-state index in [0.29, 0.717) is 38.6 Å². The van der Waals surface area contributed by atoms with Crippen LogP contribution in [0.3, 0.4) is 0 Å². The van der Waals surface area contributed by atoms with Gasteiger partial charge in [0.1, 0.15) is 36.3 Å². The van der Waals surface area contributed by atoms with Gasteiger partial charge in [-0.15, -0.1) is 0 Å². The zero-order chi connectivity index (χ0) is 38.0. The highest BCUT2D eigenvalue weighted by Crippen LogP contribution is 2.22. The van der Waals surface area contributed by atoms with E-state index in [9.17, 15) is 43.8 Å². The van der Waals surface area contributed by atoms with Crippen molar-refractivity contribution in [1.82, 2.24) is 31.1 Å². The summed E-state index contributed by atoms with van der Waals surface area (Å²) in [6, 6.07) is 1.87. The van der Waals surface area contributed by atoms with E-state index in [2.05, 4.69) is 21.3 Å². The third-order valence-corrected chi connectivity index (χ3v) is 9.31. The van der Waals surface area contributed by atoms with E-state index >= 15 is 0 Å². The van der Waals surface area contributed by atoms with Crippen molar-refractivity contribution in [3.63, 3.8) is 0 Å². The van der Waals surface area contributed by atoms with Crippen LogP contribution in [0.25, 0.3) is 0 Å². The molecule has 1 aromatic carbocycles. The maximum Gasteiger partial charge on any atom is 0.326 e. The predicted molar refractivity (Wildman–Crippen MR) is 185 cm³/mol. The maximum atomic E-state index is 13.6. The molecule has 2 heterocycles. The number of aliphatic hydroxyl groups is 1. The number of rotatable bonds is 16. The third kappa shape index (κ3) is 10.7. The van der Waals surface area contributed by atoms with Gasteiger partial charge in [-0.3, -0.25) is 28.8 Å². The molecule has 2 saturated heterocycles. The number of likely N-dealkylation sites (tertiary alicyclic amines) is 2. The van der Waals surface area contributed by atoms with Crippen molar-refractivity contribution < 1.29 is 43.8 Å². The van der Waals surface area contributed by atoms with Crippen molar-refractivity contribution in [1.29, 1.82) is 0 Å². The van der Waals surface area contributed by atoms with Gasteiger partial charge in [-0.2, -0.15) is 0 Å². The van der Waals surface area contributed by atoms with Crippen molar-refractivity contribution in [2.45, 2.75) is 109 Å². The average Bonchev–Trinajstić information content (AvgIpc) is 3.78. The number of carboxylic acid groups (broad SMARTS) is 1. The van der Waals surface area contributed by atoms with Crippen LogP contribution < -0.4 is 27.0 Å². The number of carbonyl (C=O) groups is 7. The van der Waals surface area contributed by atoms with Crippen LogP contribution >= 0.6 is 0 Å². The van der Waals surface area contributed by atoms with E-state index < -0.39 is 96.2 Å². The molecular weight excluding hydrogens is 662 g/mol. The van der Waals surface area contributed by atoms with Gasteiger partial charge in [0.2, 0.25) is 35.4 Å². The van der Waals surface area contributed by atoms with Gasteiger partial charge in [0, 0.05) is 13.1 Å². The summed E-state index contributed by atoms with van der Waals surface area (Å²) in [5.74, 6) is -5.83. The number of carboxylic acids is 1. The van der Waals surface area contributed by atoms with Crippen LogP contribution in [0.15, 0.2) is 30.3 Å². The first-order valence-corrected chi connectivity index (χ1v) is 17.5. The number of benzene rings is 1. The first kappa shape index (κ1) is 40.9. The largest absolute Gasteiger partial charge is 0.480 e. The Morgan fingerprint density at radius 2 is 1.27 bits per heavy atom. The van der Waals surface area contributed by atoms with Gasteiger partial charge in [0.05, 0.1) is 12.6 Å². The zero-order valence-corrected chi connectivity index (χ0v) is 30.0. The van der Waals surface area contributed by atoms with Gasteiger partial charge in [0.15, 0.2) is 0 Å². The minimum Gasteiger partial charge on any atom is -0.480 e. The number of nitrogens with one attached hydrogen (secondary N) is 4. The standard InChI is InChI=1S/C35H53N7O9/c1-19(2)27(32(47)38-24(18-43)29(44)40-28(20(3)4)35(50)51)39-31(46)26-14-9-15-41(26)33(48)21(5)37-30(45)25-13-10-16-42(25)34(49)23(36)17-22-11-7-6-8-12-22/h6-8,11-12,19-21,23-28,43H,9-10,13-18,36H2,1-5H3,(H,37,45)(H,38,47)(H,39,46)(H,40,44)(H,50,51)/t21-,23-,24-,25-,26-,27-,28-/m0/s1. The van der Waals surface area contributed by atoms with Crippen molar-refractivity contribution in [2.75, 3.05) is 19.7 Å². The Kier molecular flexibility index (Phi) is 14.9. The number of nitrogens with two attached hydrogens (primary N) is 1. The Balaban J connectivity index is 1.61. The van der Waals surface area contributed by atoms with E-state index in [1.807, 2.05) is 30.3 Å². The molecule has 0 unspecified atom stereocenters. The molecule has 0 aromatic heterocycles. The fourth-order valence-electron chi connectivity index (χ4n) is 6.40. The SMILES string of the molecule is CC(C)[C@H](NC(=O)[C@H](CO)NC(=O)[C@@H](NC(=O)[C@@H]1CCCN1C(=O)[C@H](C)NC(=O)[C@@H]1CCCN1C(=O)[C@@H](N)Cc1ccccc1)C(C)C)C(=O)O. The van der Waals surface area contributed by atoms with Crippen LogP contribution in [0.4, 0.5) is 0 Å². The van der Waals surface area contributed by atoms with E-state index in [0.717, 1.165) is 5.56 Å². The van der Waals surface area contributed by atoms with Crippen LogP contribution in [-0.4, -0.2) is 123 Å². The molecule has 3 rings (SSSR count). The normalized spacial score (nSPS) is 20.3. The second-order valence-electron chi connectivity index (χ2n) is 13.9. The summed E-state index contributed by atoms with van der Waals surface area (Å²) in [6.07, 6.45) is 2.15. The molecule has 1 aromatic rings. The molecule has 2 aliphatic heterocycles. The quantitative estimate of drug-likeness (QED) is 0.109. The zero-order valence-electron chi connectivity index (χ0n) is 30.0. The number of nitrogens with zero attached hydrogens (tertiary/aromatic N) is 2. The number of aliphatic hydroxyl groups excluding tert-OH is 1. The van der Waals surface area contributed by atoms with E-state index in [1.165, 1.54) is 16.7 Å². The predicted octanol–water partition coefficient (Wildman–Crippen LogP) is -1.11. The highest BCUT2D eigenvalue weighted by molar-refractivity contribution is 5.97. The number of amides is 6. The van der Waals surface area contributed by atoms with Crippen LogP contribution in [0.2, 0.25) is 0 Å². The Labute approximate surface area is 298 Å². The average molecular weight is 716 g/mol. The lowest BCUT2D eigenvalue weighted by molar-refractivity contribution is -0.144. The van der Waals surface area contributed by atoms with E-state index in [1.54, 1.807) is 27.7 Å². The monoisotopic (exact) mass is 715 g/mol. The second-order valence-corrected chi connectivity index (χ2v) is 13.9. The summed E-state index contributed by atoms with van der Waals surface area (Å²) >= 11 is 0.